The van der Waals surface area contributed by atoms with Gasteiger partial charge in [0.05, 0.1) is 41.0 Å². The van der Waals surface area contributed by atoms with Gasteiger partial charge in [-0.1, -0.05) is 30.3 Å². The minimum atomic E-state index is -0.115. The highest BCUT2D eigenvalue weighted by molar-refractivity contribution is 7.19. The smallest absolute Gasteiger partial charge is 0.267 e. The van der Waals surface area contributed by atoms with Gasteiger partial charge in [0.25, 0.3) is 5.91 Å². The fourth-order valence-electron chi connectivity index (χ4n) is 4.56. The van der Waals surface area contributed by atoms with E-state index in [2.05, 4.69) is 46.1 Å². The van der Waals surface area contributed by atoms with E-state index >= 15 is 0 Å². The summed E-state index contributed by atoms with van der Waals surface area (Å²) in [5.41, 5.74) is 3.18. The molecule has 0 radical (unpaired) electrons. The van der Waals surface area contributed by atoms with Crippen molar-refractivity contribution in [3.8, 4) is 11.1 Å². The lowest BCUT2D eigenvalue weighted by Gasteiger charge is -2.34. The summed E-state index contributed by atoms with van der Waals surface area (Å²) >= 11 is 3.01. The minimum Gasteiger partial charge on any atom is -0.378 e. The van der Waals surface area contributed by atoms with Gasteiger partial charge >= 0.3 is 0 Å². The maximum atomic E-state index is 13.2. The Kier molecular flexibility index (Phi) is 7.26. The predicted molar refractivity (Wildman–Crippen MR) is 138 cm³/mol. The Labute approximate surface area is 208 Å². The summed E-state index contributed by atoms with van der Waals surface area (Å²) in [6.07, 6.45) is 0.444. The SMILES string of the molecule is CC1CN(Cc2csc(NC(=O)c3cc(-c4ccccc4)c(N4CCOCC4)s3)n2)CC(C)O1. The summed E-state index contributed by atoms with van der Waals surface area (Å²) in [5, 5.41) is 6.81. The standard InChI is InChI=1S/C25H30N4O3S2/c1-17-13-28(14-18(2)32-17)15-20-16-33-25(26-20)27-23(30)22-12-21(19-6-4-3-5-7-19)24(34-22)29-8-10-31-11-9-29/h3-7,12,16-18H,8-11,13-15H2,1-2H3,(H,26,27,30). The molecular formula is C25H30N4O3S2. The molecule has 1 amide bonds. The van der Waals surface area contributed by atoms with Crippen molar-refractivity contribution in [1.82, 2.24) is 9.88 Å². The molecule has 180 valence electrons. The number of rotatable bonds is 6. The number of carbonyl (C=O) groups is 1. The van der Waals surface area contributed by atoms with Crippen molar-refractivity contribution in [2.45, 2.75) is 32.6 Å². The zero-order valence-corrected chi connectivity index (χ0v) is 21.2. The Bertz CT molecular complexity index is 1100. The fraction of sp³-hybridized carbons (Fsp3) is 0.440. The van der Waals surface area contributed by atoms with Gasteiger partial charge in [-0.05, 0) is 25.5 Å². The lowest BCUT2D eigenvalue weighted by atomic mass is 10.1. The number of anilines is 2. The van der Waals surface area contributed by atoms with Gasteiger partial charge in [0, 0.05) is 43.7 Å². The Hall–Kier alpha value is -2.30. The van der Waals surface area contributed by atoms with E-state index in [9.17, 15) is 4.79 Å². The molecule has 1 aromatic carbocycles. The van der Waals surface area contributed by atoms with E-state index < -0.39 is 0 Å². The molecule has 2 atom stereocenters. The number of nitrogens with one attached hydrogen (secondary N) is 1. The molecule has 9 heteroatoms. The predicted octanol–water partition coefficient (Wildman–Crippen LogP) is 4.57. The Morgan fingerprint density at radius 2 is 1.88 bits per heavy atom. The number of hydrogen-bond donors (Lipinski definition) is 1. The van der Waals surface area contributed by atoms with Gasteiger partial charge in [-0.25, -0.2) is 4.98 Å². The topological polar surface area (TPSA) is 66.9 Å². The van der Waals surface area contributed by atoms with Crippen molar-refractivity contribution in [2.75, 3.05) is 49.6 Å². The third-order valence-electron chi connectivity index (χ3n) is 5.97. The summed E-state index contributed by atoms with van der Waals surface area (Å²) in [5.74, 6) is -0.115. The molecule has 34 heavy (non-hydrogen) atoms. The van der Waals surface area contributed by atoms with E-state index in [-0.39, 0.29) is 18.1 Å². The second-order valence-corrected chi connectivity index (χ2v) is 10.7. The summed E-state index contributed by atoms with van der Waals surface area (Å²) in [4.78, 5) is 23.2. The van der Waals surface area contributed by atoms with E-state index in [1.807, 2.05) is 29.6 Å². The van der Waals surface area contributed by atoms with Gasteiger partial charge in [0.15, 0.2) is 5.13 Å². The van der Waals surface area contributed by atoms with Crippen LogP contribution < -0.4 is 10.2 Å². The van der Waals surface area contributed by atoms with Crippen molar-refractivity contribution in [1.29, 1.82) is 0 Å². The Morgan fingerprint density at radius 1 is 1.15 bits per heavy atom. The first kappa shape index (κ1) is 23.4. The molecule has 3 aromatic rings. The van der Waals surface area contributed by atoms with Crippen molar-refractivity contribution in [3.63, 3.8) is 0 Å². The molecule has 2 saturated heterocycles. The van der Waals surface area contributed by atoms with Crippen molar-refractivity contribution in [3.05, 3.63) is 52.3 Å². The Morgan fingerprint density at radius 3 is 2.62 bits per heavy atom. The maximum absolute atomic E-state index is 13.2. The summed E-state index contributed by atoms with van der Waals surface area (Å²) in [7, 11) is 0. The van der Waals surface area contributed by atoms with Crippen molar-refractivity contribution in [2.24, 2.45) is 0 Å². The first-order valence-electron chi connectivity index (χ1n) is 11.7. The van der Waals surface area contributed by atoms with Gasteiger partial charge in [0.1, 0.15) is 0 Å². The lowest BCUT2D eigenvalue weighted by Crippen LogP contribution is -2.44. The van der Waals surface area contributed by atoms with Crippen LogP contribution in [-0.4, -0.2) is 67.4 Å². The molecule has 0 saturated carbocycles. The van der Waals surface area contributed by atoms with E-state index in [1.54, 1.807) is 0 Å². The number of nitrogens with zero attached hydrogens (tertiary/aromatic N) is 3. The summed E-state index contributed by atoms with van der Waals surface area (Å²) in [6.45, 7) is 9.83. The van der Waals surface area contributed by atoms with Crippen LogP contribution in [0.4, 0.5) is 10.1 Å². The van der Waals surface area contributed by atoms with Crippen LogP contribution in [0.2, 0.25) is 0 Å². The van der Waals surface area contributed by atoms with Crippen molar-refractivity contribution >= 4 is 38.7 Å². The largest absolute Gasteiger partial charge is 0.378 e. The minimum absolute atomic E-state index is 0.115. The maximum Gasteiger partial charge on any atom is 0.267 e. The number of ether oxygens (including phenoxy) is 2. The van der Waals surface area contributed by atoms with Gasteiger partial charge < -0.3 is 14.4 Å². The van der Waals surface area contributed by atoms with Crippen LogP contribution >= 0.6 is 22.7 Å². The highest BCUT2D eigenvalue weighted by Gasteiger charge is 2.24. The number of thiophene rings is 1. The van der Waals surface area contributed by atoms with Crippen LogP contribution in [0, 0.1) is 0 Å². The summed E-state index contributed by atoms with van der Waals surface area (Å²) in [6, 6.07) is 12.3. The van der Waals surface area contributed by atoms with Crippen LogP contribution in [0.1, 0.15) is 29.2 Å². The monoisotopic (exact) mass is 498 g/mol. The zero-order valence-electron chi connectivity index (χ0n) is 19.5. The van der Waals surface area contributed by atoms with Gasteiger partial charge in [0.2, 0.25) is 0 Å². The molecule has 0 bridgehead atoms. The van der Waals surface area contributed by atoms with Gasteiger partial charge in [-0.2, -0.15) is 0 Å². The fourth-order valence-corrected chi connectivity index (χ4v) is 6.38. The number of aromatic nitrogens is 1. The molecule has 0 aliphatic carbocycles. The number of hydrogen-bond acceptors (Lipinski definition) is 8. The molecule has 4 heterocycles. The number of benzene rings is 1. The number of amides is 1. The normalized spacial score (nSPS) is 21.5. The first-order valence-corrected chi connectivity index (χ1v) is 13.4. The van der Waals surface area contributed by atoms with E-state index in [0.717, 1.165) is 54.5 Å². The van der Waals surface area contributed by atoms with Gasteiger partial charge in [-0.3, -0.25) is 15.0 Å². The molecule has 1 N–H and O–H groups in total. The van der Waals surface area contributed by atoms with E-state index in [0.29, 0.717) is 23.2 Å². The van der Waals surface area contributed by atoms with Crippen LogP contribution in [0.25, 0.3) is 11.1 Å². The lowest BCUT2D eigenvalue weighted by molar-refractivity contribution is -0.0707. The molecule has 2 aromatic heterocycles. The second-order valence-electron chi connectivity index (χ2n) is 8.84. The average molecular weight is 499 g/mol. The number of carbonyl (C=O) groups excluding carboxylic acids is 1. The highest BCUT2D eigenvalue weighted by atomic mass is 32.1. The molecule has 2 aliphatic rings. The highest BCUT2D eigenvalue weighted by Crippen LogP contribution is 2.39. The van der Waals surface area contributed by atoms with Crippen LogP contribution in [0.15, 0.2) is 41.8 Å². The molecule has 0 spiro atoms. The molecular weight excluding hydrogens is 468 g/mol. The number of morpholine rings is 2. The first-order chi connectivity index (χ1) is 16.5. The average Bonchev–Trinajstić information content (AvgIpc) is 3.47. The molecule has 2 fully saturated rings. The summed E-state index contributed by atoms with van der Waals surface area (Å²) < 4.78 is 11.4. The zero-order chi connectivity index (χ0) is 23.5. The van der Waals surface area contributed by atoms with Crippen molar-refractivity contribution < 1.29 is 14.3 Å². The van der Waals surface area contributed by atoms with Gasteiger partial charge in [-0.15, -0.1) is 22.7 Å². The third kappa shape index (κ3) is 5.50. The molecule has 2 unspecified atom stereocenters. The molecule has 7 nitrogen and oxygen atoms in total. The number of thiazole rings is 1. The van der Waals surface area contributed by atoms with Crippen LogP contribution in [0.5, 0.6) is 0 Å². The van der Waals surface area contributed by atoms with E-state index in [1.165, 1.54) is 22.7 Å². The van der Waals surface area contributed by atoms with Crippen LogP contribution in [-0.2, 0) is 16.0 Å². The Balaban J connectivity index is 1.31. The van der Waals surface area contributed by atoms with Crippen LogP contribution in [0.3, 0.4) is 0 Å². The third-order valence-corrected chi connectivity index (χ3v) is 7.97. The molecule has 5 rings (SSSR count). The van der Waals surface area contributed by atoms with E-state index in [4.69, 9.17) is 9.47 Å². The molecule has 2 aliphatic heterocycles. The quantitative estimate of drug-likeness (QED) is 0.537. The second kappa shape index (κ2) is 10.5.